The van der Waals surface area contributed by atoms with Crippen LogP contribution in [0.1, 0.15) is 158 Å². The van der Waals surface area contributed by atoms with Crippen LogP contribution in [0.25, 0.3) is 44.5 Å². The molecule has 2 aliphatic heterocycles. The van der Waals surface area contributed by atoms with Crippen LogP contribution in [0, 0.1) is 0 Å². The molecule has 6 nitrogen and oxygen atoms in total. The molecule has 5 aromatic rings. The fraction of sp³-hybridized carbons (Fsp3) is 0.500. The fourth-order valence-electron chi connectivity index (χ4n) is 10.1. The van der Waals surface area contributed by atoms with Crippen molar-refractivity contribution in [1.82, 2.24) is 0 Å². The van der Waals surface area contributed by atoms with Gasteiger partial charge in [-0.1, -0.05) is 149 Å². The molecule has 2 heterocycles. The molecule has 0 bridgehead atoms. The highest BCUT2D eigenvalue weighted by molar-refractivity contribution is 5.94. The highest BCUT2D eigenvalue weighted by Gasteiger charge is 2.40. The molecular formula is C60H78O6. The minimum atomic E-state index is -0.382. The van der Waals surface area contributed by atoms with E-state index in [0.29, 0.717) is 24.3 Å². The lowest BCUT2D eigenvalue weighted by atomic mass is 9.64. The van der Waals surface area contributed by atoms with E-state index in [9.17, 15) is 10.2 Å². The standard InChI is InChI=1S/C60H78O6/c1-55(2,3)48-42(35-19-23-37(24-20-35)63-31-39-33-65-39)29-44(50(57(7,8)9)52(48)59(13,14)15)41-27-28-46(61)47(54(41)62)45-30-43(36-21-25-38(26-22-36)64-32-40-34-66-40)49(56(4,5)6)53(60(16,17)18)51(45)58(10,11)12/h19-30,39-40,61-62H,31-34H2,1-18H3. The number of ether oxygens (including phenoxy) is 4. The lowest BCUT2D eigenvalue weighted by Gasteiger charge is -2.40. The zero-order valence-corrected chi connectivity index (χ0v) is 43.4. The molecule has 7 rings (SSSR count). The van der Waals surface area contributed by atoms with Crippen LogP contribution in [0.15, 0.2) is 72.8 Å². The van der Waals surface area contributed by atoms with Gasteiger partial charge >= 0.3 is 0 Å². The Labute approximate surface area is 397 Å². The smallest absolute Gasteiger partial charge is 0.134 e. The van der Waals surface area contributed by atoms with Crippen molar-refractivity contribution in [1.29, 1.82) is 0 Å². The van der Waals surface area contributed by atoms with Gasteiger partial charge in [0.2, 0.25) is 0 Å². The van der Waals surface area contributed by atoms with Gasteiger partial charge in [0.1, 0.15) is 48.4 Å². The molecule has 2 atom stereocenters. The molecule has 2 aliphatic rings. The summed E-state index contributed by atoms with van der Waals surface area (Å²) in [5.41, 5.74) is 12.7. The summed E-state index contributed by atoms with van der Waals surface area (Å²) in [6.07, 6.45) is 0.334. The maximum atomic E-state index is 13.3. The van der Waals surface area contributed by atoms with Crippen molar-refractivity contribution < 1.29 is 29.2 Å². The van der Waals surface area contributed by atoms with Crippen molar-refractivity contribution in [3.63, 3.8) is 0 Å². The number of epoxide rings is 2. The number of phenols is 2. The summed E-state index contributed by atoms with van der Waals surface area (Å²) in [6.45, 7) is 43.7. The predicted octanol–water partition coefficient (Wildman–Crippen LogP) is 15.1. The maximum absolute atomic E-state index is 13.3. The minimum absolute atomic E-state index is 0.0363. The van der Waals surface area contributed by atoms with Gasteiger partial charge in [0, 0.05) is 5.56 Å². The molecule has 0 aromatic heterocycles. The van der Waals surface area contributed by atoms with Gasteiger partial charge in [-0.3, -0.25) is 0 Å². The Kier molecular flexibility index (Phi) is 12.7. The van der Waals surface area contributed by atoms with Crippen LogP contribution in [-0.4, -0.2) is 48.8 Å². The quantitative estimate of drug-likeness (QED) is 0.136. The Morgan fingerprint density at radius 1 is 0.409 bits per heavy atom. The number of aromatic hydroxyl groups is 2. The topological polar surface area (TPSA) is 84.0 Å². The summed E-state index contributed by atoms with van der Waals surface area (Å²) in [5, 5.41) is 25.6. The fourth-order valence-corrected chi connectivity index (χ4v) is 10.1. The molecule has 2 fully saturated rings. The van der Waals surface area contributed by atoms with E-state index >= 15 is 0 Å². The highest BCUT2D eigenvalue weighted by Crippen LogP contribution is 2.56. The summed E-state index contributed by atoms with van der Waals surface area (Å²) >= 11 is 0. The van der Waals surface area contributed by atoms with Crippen molar-refractivity contribution >= 4 is 0 Å². The normalized spacial score (nSPS) is 16.9. The third-order valence-corrected chi connectivity index (χ3v) is 12.9. The molecule has 2 saturated heterocycles. The molecule has 0 amide bonds. The third-order valence-electron chi connectivity index (χ3n) is 12.9. The van der Waals surface area contributed by atoms with E-state index in [0.717, 1.165) is 63.7 Å². The first kappa shape index (κ1) is 49.1. The van der Waals surface area contributed by atoms with Crippen molar-refractivity contribution in [2.45, 2.75) is 169 Å². The zero-order valence-electron chi connectivity index (χ0n) is 43.4. The van der Waals surface area contributed by atoms with Gasteiger partial charge in [-0.15, -0.1) is 0 Å². The van der Waals surface area contributed by atoms with Crippen molar-refractivity contribution in [3.8, 4) is 67.5 Å². The first-order valence-corrected chi connectivity index (χ1v) is 24.1. The van der Waals surface area contributed by atoms with E-state index in [1.807, 2.05) is 18.2 Å². The van der Waals surface area contributed by atoms with Crippen LogP contribution >= 0.6 is 0 Å². The van der Waals surface area contributed by atoms with E-state index in [1.54, 1.807) is 6.07 Å². The Balaban J connectivity index is 1.57. The number of rotatable bonds is 10. The third kappa shape index (κ3) is 10.2. The van der Waals surface area contributed by atoms with Crippen LogP contribution in [0.4, 0.5) is 0 Å². The Bertz CT molecular complexity index is 2580. The summed E-state index contributed by atoms with van der Waals surface area (Å²) in [5.74, 6) is 1.70. The van der Waals surface area contributed by atoms with Crippen LogP contribution in [0.5, 0.6) is 23.0 Å². The molecule has 0 radical (unpaired) electrons. The first-order chi connectivity index (χ1) is 30.4. The summed E-state index contributed by atoms with van der Waals surface area (Å²) in [4.78, 5) is 0. The van der Waals surface area contributed by atoms with Gasteiger partial charge in [-0.2, -0.15) is 0 Å². The molecule has 2 unspecified atom stereocenters. The second kappa shape index (κ2) is 17.1. The first-order valence-electron chi connectivity index (χ1n) is 24.1. The van der Waals surface area contributed by atoms with Gasteiger partial charge in [0.05, 0.1) is 18.8 Å². The molecule has 354 valence electrons. The molecular weight excluding hydrogens is 817 g/mol. The van der Waals surface area contributed by atoms with E-state index in [4.69, 9.17) is 18.9 Å². The molecule has 2 N–H and O–H groups in total. The lowest BCUT2D eigenvalue weighted by molar-refractivity contribution is 0.263. The molecule has 66 heavy (non-hydrogen) atoms. The van der Waals surface area contributed by atoms with Gasteiger partial charge in [0.25, 0.3) is 0 Å². The van der Waals surface area contributed by atoms with Gasteiger partial charge < -0.3 is 29.2 Å². The highest BCUT2D eigenvalue weighted by atomic mass is 16.6. The summed E-state index contributed by atoms with van der Waals surface area (Å²) < 4.78 is 23.0. The Hall–Kier alpha value is -4.78. The van der Waals surface area contributed by atoms with Crippen LogP contribution < -0.4 is 9.47 Å². The summed E-state index contributed by atoms with van der Waals surface area (Å²) in [7, 11) is 0. The Morgan fingerprint density at radius 3 is 1.06 bits per heavy atom. The lowest BCUT2D eigenvalue weighted by Crippen LogP contribution is -2.30. The SMILES string of the molecule is CC(C)(C)c1c(-c2ccc(OCC3CO3)cc2)cc(-c2ccc(O)c(-c3cc(-c4ccc(OCC5CO5)cc4)c(C(C)(C)C)c(C(C)(C)C)c3C(C)(C)C)c2O)c(C(C)(C)C)c1C(C)(C)C. The average Bonchev–Trinajstić information content (AvgIpc) is 4.13. The van der Waals surface area contributed by atoms with Crippen LogP contribution in [-0.2, 0) is 42.0 Å². The Morgan fingerprint density at radius 2 is 0.727 bits per heavy atom. The molecule has 0 saturated carbocycles. The molecule has 5 aromatic carbocycles. The van der Waals surface area contributed by atoms with E-state index < -0.39 is 0 Å². The van der Waals surface area contributed by atoms with Gasteiger partial charge in [-0.25, -0.2) is 0 Å². The second-order valence-corrected chi connectivity index (χ2v) is 25.1. The average molecular weight is 895 g/mol. The van der Waals surface area contributed by atoms with Gasteiger partial charge in [0.15, 0.2) is 0 Å². The van der Waals surface area contributed by atoms with E-state index in [2.05, 4.69) is 173 Å². The number of hydrogen-bond donors (Lipinski definition) is 2. The maximum Gasteiger partial charge on any atom is 0.134 e. The van der Waals surface area contributed by atoms with Crippen LogP contribution in [0.3, 0.4) is 0 Å². The monoisotopic (exact) mass is 895 g/mol. The molecule has 6 heteroatoms. The number of phenolic OH excluding ortho intramolecular Hbond substituents is 2. The molecule has 0 spiro atoms. The predicted molar refractivity (Wildman–Crippen MR) is 274 cm³/mol. The number of hydrogen-bond acceptors (Lipinski definition) is 6. The zero-order chi connectivity index (χ0) is 48.7. The second-order valence-electron chi connectivity index (χ2n) is 25.1. The summed E-state index contributed by atoms with van der Waals surface area (Å²) in [6, 6.07) is 25.0. The van der Waals surface area contributed by atoms with Crippen molar-refractivity contribution in [2.75, 3.05) is 26.4 Å². The minimum Gasteiger partial charge on any atom is -0.507 e. The number of benzene rings is 5. The largest absolute Gasteiger partial charge is 0.507 e. The van der Waals surface area contributed by atoms with E-state index in [1.165, 1.54) is 27.8 Å². The van der Waals surface area contributed by atoms with Crippen LogP contribution in [0.2, 0.25) is 0 Å². The molecule has 0 aliphatic carbocycles. The van der Waals surface area contributed by atoms with E-state index in [-0.39, 0.29) is 56.2 Å². The van der Waals surface area contributed by atoms with Gasteiger partial charge in [-0.05, 0) is 148 Å². The van der Waals surface area contributed by atoms with Crippen molar-refractivity contribution in [3.05, 3.63) is 106 Å². The van der Waals surface area contributed by atoms with Crippen molar-refractivity contribution in [2.24, 2.45) is 0 Å².